The van der Waals surface area contributed by atoms with E-state index in [1.807, 2.05) is 43.9 Å². The first-order valence-electron chi connectivity index (χ1n) is 11.1. The molecule has 32 heavy (non-hydrogen) atoms. The fourth-order valence-corrected chi connectivity index (χ4v) is 5.04. The summed E-state index contributed by atoms with van der Waals surface area (Å²) in [5.41, 5.74) is 2.67. The molecule has 6 nitrogen and oxygen atoms in total. The van der Waals surface area contributed by atoms with Crippen LogP contribution < -0.4 is 15.0 Å². The van der Waals surface area contributed by atoms with Crippen molar-refractivity contribution in [3.63, 3.8) is 0 Å². The van der Waals surface area contributed by atoms with Gasteiger partial charge in [0.15, 0.2) is 0 Å². The number of carbonyl (C=O) groups excluding carboxylic acids is 2. The van der Waals surface area contributed by atoms with Crippen molar-refractivity contribution in [2.75, 3.05) is 18.6 Å². The zero-order valence-electron chi connectivity index (χ0n) is 19.1. The van der Waals surface area contributed by atoms with E-state index in [-0.39, 0.29) is 17.9 Å². The number of rotatable bonds is 5. The number of methoxy groups -OCH3 is 1. The molecule has 0 bridgehead atoms. The standard InChI is InChI=1S/C25H30ClN3O3/c1-15-20(11-17(26)13-27-15)23(30)28-18-7-5-16(6-8-18)14-29-22-12-19(32-4)9-10-21(22)25(2,3)24(29)31/h9-13,16,18H,5-8,14H2,1-4H3,(H,28,30)/t16-,18-. The molecule has 4 rings (SSSR count). The lowest BCUT2D eigenvalue weighted by Gasteiger charge is -2.32. The van der Waals surface area contributed by atoms with Gasteiger partial charge in [-0.2, -0.15) is 0 Å². The van der Waals surface area contributed by atoms with Crippen LogP contribution in [0.4, 0.5) is 5.69 Å². The predicted octanol–water partition coefficient (Wildman–Crippen LogP) is 4.67. The van der Waals surface area contributed by atoms with Gasteiger partial charge in [0.1, 0.15) is 5.75 Å². The van der Waals surface area contributed by atoms with Gasteiger partial charge in [0, 0.05) is 24.8 Å². The number of aromatic nitrogens is 1. The SMILES string of the molecule is COc1ccc2c(c1)N(C[C@H]1CC[C@H](NC(=O)c3cc(Cl)cnc3C)CC1)C(=O)C2(C)C. The molecule has 0 saturated heterocycles. The molecule has 1 aromatic heterocycles. The van der Waals surface area contributed by atoms with E-state index in [1.165, 1.54) is 0 Å². The van der Waals surface area contributed by atoms with Crippen LogP contribution in [0, 0.1) is 12.8 Å². The summed E-state index contributed by atoms with van der Waals surface area (Å²) in [6.07, 6.45) is 5.25. The highest BCUT2D eigenvalue weighted by Gasteiger charge is 2.44. The summed E-state index contributed by atoms with van der Waals surface area (Å²) in [5.74, 6) is 1.17. The van der Waals surface area contributed by atoms with Gasteiger partial charge in [0.25, 0.3) is 5.91 Å². The smallest absolute Gasteiger partial charge is 0.253 e. The zero-order chi connectivity index (χ0) is 23.0. The Kier molecular flexibility index (Phi) is 6.17. The molecule has 1 N–H and O–H groups in total. The number of pyridine rings is 1. The molecular formula is C25H30ClN3O3. The lowest BCUT2D eigenvalue weighted by Crippen LogP contribution is -2.42. The quantitative estimate of drug-likeness (QED) is 0.711. The fraction of sp³-hybridized carbons (Fsp3) is 0.480. The number of nitrogens with one attached hydrogen (secondary N) is 1. The zero-order valence-corrected chi connectivity index (χ0v) is 19.8. The number of benzene rings is 1. The molecule has 2 aliphatic rings. The summed E-state index contributed by atoms with van der Waals surface area (Å²) >= 11 is 6.01. The van der Waals surface area contributed by atoms with Crippen LogP contribution in [-0.2, 0) is 10.2 Å². The van der Waals surface area contributed by atoms with Gasteiger partial charge in [-0.25, -0.2) is 0 Å². The summed E-state index contributed by atoms with van der Waals surface area (Å²) < 4.78 is 5.39. The van der Waals surface area contributed by atoms with Crippen LogP contribution >= 0.6 is 11.6 Å². The Morgan fingerprint density at radius 1 is 1.25 bits per heavy atom. The monoisotopic (exact) mass is 455 g/mol. The highest BCUT2D eigenvalue weighted by Crippen LogP contribution is 2.44. The van der Waals surface area contributed by atoms with Crippen molar-refractivity contribution in [1.82, 2.24) is 10.3 Å². The van der Waals surface area contributed by atoms with Gasteiger partial charge >= 0.3 is 0 Å². The molecule has 1 aliphatic heterocycles. The van der Waals surface area contributed by atoms with E-state index in [2.05, 4.69) is 10.3 Å². The van der Waals surface area contributed by atoms with Gasteiger partial charge in [-0.05, 0) is 70.1 Å². The van der Waals surface area contributed by atoms with Crippen molar-refractivity contribution in [2.45, 2.75) is 57.9 Å². The van der Waals surface area contributed by atoms with Crippen molar-refractivity contribution >= 4 is 29.1 Å². The van der Waals surface area contributed by atoms with Gasteiger partial charge in [0.2, 0.25) is 5.91 Å². The average molecular weight is 456 g/mol. The van der Waals surface area contributed by atoms with Crippen molar-refractivity contribution in [2.24, 2.45) is 5.92 Å². The number of aryl methyl sites for hydroxylation is 1. The number of anilines is 1. The second-order valence-electron chi connectivity index (χ2n) is 9.40. The molecule has 0 spiro atoms. The van der Waals surface area contributed by atoms with Crippen LogP contribution in [0.5, 0.6) is 5.75 Å². The van der Waals surface area contributed by atoms with E-state index in [9.17, 15) is 9.59 Å². The Labute approximate surface area is 194 Å². The first kappa shape index (κ1) is 22.6. The molecule has 2 heterocycles. The molecule has 1 fully saturated rings. The lowest BCUT2D eigenvalue weighted by atomic mass is 9.85. The number of hydrogen-bond donors (Lipinski definition) is 1. The Hall–Kier alpha value is -2.60. The third-order valence-corrected chi connectivity index (χ3v) is 7.08. The second kappa shape index (κ2) is 8.74. The second-order valence-corrected chi connectivity index (χ2v) is 9.84. The van der Waals surface area contributed by atoms with Gasteiger partial charge in [-0.15, -0.1) is 0 Å². The summed E-state index contributed by atoms with van der Waals surface area (Å²) in [7, 11) is 1.64. The summed E-state index contributed by atoms with van der Waals surface area (Å²) in [6, 6.07) is 7.68. The predicted molar refractivity (Wildman–Crippen MR) is 126 cm³/mol. The summed E-state index contributed by atoms with van der Waals surface area (Å²) in [4.78, 5) is 32.0. The molecular weight excluding hydrogens is 426 g/mol. The van der Waals surface area contributed by atoms with Crippen molar-refractivity contribution in [3.8, 4) is 5.75 Å². The Balaban J connectivity index is 1.39. The maximum atomic E-state index is 13.2. The fourth-order valence-electron chi connectivity index (χ4n) is 4.88. The first-order valence-corrected chi connectivity index (χ1v) is 11.5. The maximum absolute atomic E-state index is 13.2. The summed E-state index contributed by atoms with van der Waals surface area (Å²) in [5, 5.41) is 3.59. The van der Waals surface area contributed by atoms with Crippen LogP contribution in [0.3, 0.4) is 0 Å². The molecule has 2 aromatic rings. The van der Waals surface area contributed by atoms with Crippen LogP contribution in [0.2, 0.25) is 5.02 Å². The minimum absolute atomic E-state index is 0.121. The van der Waals surface area contributed by atoms with Crippen LogP contribution in [0.1, 0.15) is 61.1 Å². The van der Waals surface area contributed by atoms with Crippen LogP contribution in [0.15, 0.2) is 30.5 Å². The van der Waals surface area contributed by atoms with E-state index in [0.29, 0.717) is 28.7 Å². The number of amides is 2. The number of halogens is 1. The molecule has 7 heteroatoms. The summed E-state index contributed by atoms with van der Waals surface area (Å²) in [6.45, 7) is 6.48. The van der Waals surface area contributed by atoms with Gasteiger partial charge < -0.3 is 15.0 Å². The molecule has 1 aromatic carbocycles. The third-order valence-electron chi connectivity index (χ3n) is 6.87. The van der Waals surface area contributed by atoms with Gasteiger partial charge in [-0.1, -0.05) is 17.7 Å². The minimum Gasteiger partial charge on any atom is -0.497 e. The Morgan fingerprint density at radius 3 is 2.66 bits per heavy atom. The van der Waals surface area contributed by atoms with E-state index in [1.54, 1.807) is 19.4 Å². The number of ether oxygens (including phenoxy) is 1. The van der Waals surface area contributed by atoms with E-state index in [4.69, 9.17) is 16.3 Å². The highest BCUT2D eigenvalue weighted by atomic mass is 35.5. The molecule has 2 amide bonds. The third kappa shape index (κ3) is 4.20. The van der Waals surface area contributed by atoms with Crippen molar-refractivity contribution in [3.05, 3.63) is 52.3 Å². The lowest BCUT2D eigenvalue weighted by molar-refractivity contribution is -0.122. The first-order chi connectivity index (χ1) is 15.2. The molecule has 1 aliphatic carbocycles. The van der Waals surface area contributed by atoms with Crippen molar-refractivity contribution < 1.29 is 14.3 Å². The molecule has 0 unspecified atom stereocenters. The highest BCUT2D eigenvalue weighted by molar-refractivity contribution is 6.30. The molecule has 0 atom stereocenters. The molecule has 1 saturated carbocycles. The molecule has 170 valence electrons. The topological polar surface area (TPSA) is 71.5 Å². The van der Waals surface area contributed by atoms with Crippen LogP contribution in [0.25, 0.3) is 0 Å². The number of carbonyl (C=O) groups is 2. The van der Waals surface area contributed by atoms with E-state index < -0.39 is 5.41 Å². The number of hydrogen-bond acceptors (Lipinski definition) is 4. The van der Waals surface area contributed by atoms with E-state index >= 15 is 0 Å². The largest absolute Gasteiger partial charge is 0.497 e. The Morgan fingerprint density at radius 2 is 1.97 bits per heavy atom. The maximum Gasteiger partial charge on any atom is 0.253 e. The number of nitrogens with zero attached hydrogens (tertiary/aromatic N) is 2. The van der Waals surface area contributed by atoms with Gasteiger partial charge in [0.05, 0.1) is 34.5 Å². The minimum atomic E-state index is -0.532. The average Bonchev–Trinajstić information content (AvgIpc) is 2.96. The normalized spacial score (nSPS) is 21.9. The van der Waals surface area contributed by atoms with E-state index in [0.717, 1.165) is 42.7 Å². The Bertz CT molecular complexity index is 1040. The van der Waals surface area contributed by atoms with Crippen LogP contribution in [-0.4, -0.2) is 36.5 Å². The van der Waals surface area contributed by atoms with Crippen molar-refractivity contribution in [1.29, 1.82) is 0 Å². The molecule has 0 radical (unpaired) electrons. The number of fused-ring (bicyclic) bond motifs is 1. The van der Waals surface area contributed by atoms with Gasteiger partial charge in [-0.3, -0.25) is 14.6 Å².